The van der Waals surface area contributed by atoms with E-state index in [1.54, 1.807) is 6.92 Å². The predicted octanol–water partition coefficient (Wildman–Crippen LogP) is 2.66. The molecule has 0 aromatic carbocycles. The van der Waals surface area contributed by atoms with Crippen molar-refractivity contribution >= 4 is 22.2 Å². The molecule has 1 N–H and O–H groups in total. The summed E-state index contributed by atoms with van der Waals surface area (Å²) in [5.41, 5.74) is -0.940. The molecular formula is C18H18F3N5O3S. The fourth-order valence-electron chi connectivity index (χ4n) is 3.18. The van der Waals surface area contributed by atoms with E-state index in [0.717, 1.165) is 45.4 Å². The topological polar surface area (TPSA) is 90.5 Å². The average Bonchev–Trinajstić information content (AvgIpc) is 3.31. The fraction of sp³-hybridized carbons (Fsp3) is 0.444. The van der Waals surface area contributed by atoms with Crippen molar-refractivity contribution < 1.29 is 22.7 Å². The van der Waals surface area contributed by atoms with Gasteiger partial charge in [0.25, 0.3) is 11.5 Å². The van der Waals surface area contributed by atoms with Gasteiger partial charge in [-0.25, -0.2) is 9.38 Å². The van der Waals surface area contributed by atoms with Crippen LogP contribution in [-0.2, 0) is 12.7 Å². The van der Waals surface area contributed by atoms with Crippen LogP contribution in [0.3, 0.4) is 0 Å². The summed E-state index contributed by atoms with van der Waals surface area (Å²) in [5, 5.41) is 6.89. The van der Waals surface area contributed by atoms with Gasteiger partial charge in [-0.2, -0.15) is 18.3 Å². The lowest BCUT2D eigenvalue weighted by molar-refractivity contribution is -0.144. The smallest absolute Gasteiger partial charge is 0.433 e. The lowest BCUT2D eigenvalue weighted by Crippen LogP contribution is -2.28. The molecule has 8 nitrogen and oxygen atoms in total. The Labute approximate surface area is 172 Å². The number of nitrogens with zero attached hydrogens (tertiary/aromatic N) is 4. The van der Waals surface area contributed by atoms with Crippen molar-refractivity contribution in [3.05, 3.63) is 45.3 Å². The third-order valence-corrected chi connectivity index (χ3v) is 5.68. The van der Waals surface area contributed by atoms with E-state index in [1.807, 2.05) is 0 Å². The number of carbonyl (C=O) groups is 1. The molecule has 0 aliphatic heterocycles. The van der Waals surface area contributed by atoms with Gasteiger partial charge in [0.1, 0.15) is 5.69 Å². The monoisotopic (exact) mass is 441 g/mol. The van der Waals surface area contributed by atoms with Gasteiger partial charge in [0, 0.05) is 18.5 Å². The van der Waals surface area contributed by atoms with Crippen LogP contribution in [0.1, 0.15) is 53.3 Å². The molecule has 0 radical (unpaired) electrons. The minimum absolute atomic E-state index is 0.00879. The van der Waals surface area contributed by atoms with Crippen LogP contribution in [0.5, 0.6) is 5.06 Å². The summed E-state index contributed by atoms with van der Waals surface area (Å²) in [4.78, 5) is 29.5. The van der Waals surface area contributed by atoms with Gasteiger partial charge in [-0.15, -0.1) is 0 Å². The zero-order chi connectivity index (χ0) is 21.6. The molecular weight excluding hydrogens is 423 g/mol. The molecule has 30 heavy (non-hydrogen) atoms. The van der Waals surface area contributed by atoms with E-state index in [-0.39, 0.29) is 33.9 Å². The Morgan fingerprint density at radius 3 is 2.70 bits per heavy atom. The van der Waals surface area contributed by atoms with Crippen LogP contribution < -0.4 is 15.6 Å². The zero-order valence-corrected chi connectivity index (χ0v) is 16.9. The molecule has 0 atom stereocenters. The number of thiazole rings is 1. The fourth-order valence-corrected chi connectivity index (χ4v) is 4.14. The van der Waals surface area contributed by atoms with Crippen LogP contribution in [0.15, 0.2) is 16.9 Å². The second kappa shape index (κ2) is 7.42. The number of carbonyl (C=O) groups excluding carboxylic acids is 1. The van der Waals surface area contributed by atoms with Crippen molar-refractivity contribution in [2.75, 3.05) is 13.7 Å². The Morgan fingerprint density at radius 2 is 2.10 bits per heavy atom. The third-order valence-electron chi connectivity index (χ3n) is 4.68. The molecule has 1 saturated carbocycles. The van der Waals surface area contributed by atoms with E-state index in [0.29, 0.717) is 12.2 Å². The van der Waals surface area contributed by atoms with Crippen LogP contribution in [0.4, 0.5) is 13.2 Å². The van der Waals surface area contributed by atoms with Crippen LogP contribution in [-0.4, -0.2) is 38.7 Å². The standard InChI is InChI=1S/C18H18F3N5O3S/c1-3-22-15(28)14-16(29-2)30-17-23-10(6-13(27)26(14)17)8-25-12(18(19,20)21)7-11(24-25)9-4-5-9/h6-7,9H,3-5,8H2,1-2H3,(H,22,28). The highest BCUT2D eigenvalue weighted by Gasteiger charge is 2.38. The second-order valence-corrected chi connectivity index (χ2v) is 7.83. The third kappa shape index (κ3) is 3.66. The molecule has 4 rings (SSSR count). The van der Waals surface area contributed by atoms with Gasteiger partial charge in [0.15, 0.2) is 5.69 Å². The Balaban J connectivity index is 1.77. The summed E-state index contributed by atoms with van der Waals surface area (Å²) >= 11 is 0.964. The number of aromatic nitrogens is 4. The van der Waals surface area contributed by atoms with Gasteiger partial charge in [0.2, 0.25) is 10.0 Å². The highest BCUT2D eigenvalue weighted by Crippen LogP contribution is 2.41. The lowest BCUT2D eigenvalue weighted by Gasteiger charge is -2.10. The van der Waals surface area contributed by atoms with Crippen LogP contribution >= 0.6 is 11.3 Å². The summed E-state index contributed by atoms with van der Waals surface area (Å²) < 4.78 is 47.5. The number of methoxy groups -OCH3 is 1. The molecule has 1 fully saturated rings. The maximum Gasteiger partial charge on any atom is 0.433 e. The molecule has 0 unspecified atom stereocenters. The largest absolute Gasteiger partial charge is 0.485 e. The van der Waals surface area contributed by atoms with E-state index in [4.69, 9.17) is 4.74 Å². The van der Waals surface area contributed by atoms with Gasteiger partial charge in [-0.1, -0.05) is 11.3 Å². The molecule has 3 aromatic heterocycles. The molecule has 0 saturated heterocycles. The quantitative estimate of drug-likeness (QED) is 0.635. The number of ether oxygens (including phenoxy) is 1. The second-order valence-electron chi connectivity index (χ2n) is 6.89. The molecule has 1 aliphatic rings. The normalized spacial score (nSPS) is 14.3. The Bertz CT molecular complexity index is 1180. The summed E-state index contributed by atoms with van der Waals surface area (Å²) in [6.07, 6.45) is -2.94. The predicted molar refractivity (Wildman–Crippen MR) is 102 cm³/mol. The van der Waals surface area contributed by atoms with Crippen LogP contribution in [0.25, 0.3) is 4.96 Å². The average molecular weight is 441 g/mol. The van der Waals surface area contributed by atoms with Gasteiger partial charge >= 0.3 is 6.18 Å². The molecule has 160 valence electrons. The number of nitrogens with one attached hydrogen (secondary N) is 1. The van der Waals surface area contributed by atoms with E-state index >= 15 is 0 Å². The number of alkyl halides is 3. The molecule has 1 amide bonds. The zero-order valence-electron chi connectivity index (χ0n) is 16.1. The number of rotatable bonds is 6. The first-order chi connectivity index (χ1) is 14.2. The summed E-state index contributed by atoms with van der Waals surface area (Å²) in [5.74, 6) is -0.452. The Morgan fingerprint density at radius 1 is 1.37 bits per heavy atom. The minimum atomic E-state index is -4.57. The van der Waals surface area contributed by atoms with Crippen molar-refractivity contribution in [1.29, 1.82) is 0 Å². The molecule has 0 spiro atoms. The van der Waals surface area contributed by atoms with Crippen molar-refractivity contribution in [3.8, 4) is 5.06 Å². The Kier molecular flexibility index (Phi) is 5.04. The molecule has 0 bridgehead atoms. The van der Waals surface area contributed by atoms with Gasteiger partial charge in [-0.3, -0.25) is 14.3 Å². The maximum atomic E-state index is 13.4. The van der Waals surface area contributed by atoms with Gasteiger partial charge in [-0.05, 0) is 25.8 Å². The van der Waals surface area contributed by atoms with Crippen molar-refractivity contribution in [1.82, 2.24) is 24.5 Å². The highest BCUT2D eigenvalue weighted by atomic mass is 32.1. The number of hydrogen-bond acceptors (Lipinski definition) is 6. The number of halogens is 3. The van der Waals surface area contributed by atoms with E-state index in [9.17, 15) is 22.8 Å². The van der Waals surface area contributed by atoms with Gasteiger partial charge in [0.05, 0.1) is 25.0 Å². The molecule has 3 aromatic rings. The molecule has 3 heterocycles. The first-order valence-corrected chi connectivity index (χ1v) is 10.1. The van der Waals surface area contributed by atoms with E-state index in [2.05, 4.69) is 15.4 Å². The number of amides is 1. The Hall–Kier alpha value is -2.89. The first-order valence-electron chi connectivity index (χ1n) is 9.25. The summed E-state index contributed by atoms with van der Waals surface area (Å²) in [6, 6.07) is 2.17. The maximum absolute atomic E-state index is 13.4. The molecule has 12 heteroatoms. The van der Waals surface area contributed by atoms with Crippen molar-refractivity contribution in [2.45, 2.75) is 38.4 Å². The van der Waals surface area contributed by atoms with E-state index in [1.165, 1.54) is 7.11 Å². The van der Waals surface area contributed by atoms with Crippen LogP contribution in [0, 0.1) is 0 Å². The minimum Gasteiger partial charge on any atom is -0.485 e. The van der Waals surface area contributed by atoms with E-state index < -0.39 is 23.3 Å². The van der Waals surface area contributed by atoms with Crippen molar-refractivity contribution in [3.63, 3.8) is 0 Å². The lowest BCUT2D eigenvalue weighted by atomic mass is 10.2. The van der Waals surface area contributed by atoms with Gasteiger partial charge < -0.3 is 10.1 Å². The van der Waals surface area contributed by atoms with Crippen molar-refractivity contribution in [2.24, 2.45) is 0 Å². The highest BCUT2D eigenvalue weighted by molar-refractivity contribution is 7.19. The molecule has 1 aliphatic carbocycles. The summed E-state index contributed by atoms with van der Waals surface area (Å²) in [6.45, 7) is 1.77. The number of fused-ring (bicyclic) bond motifs is 1. The SMILES string of the molecule is CCNC(=O)c1c(OC)sc2nc(Cn3nc(C4CC4)cc3C(F)(F)F)cc(=O)n12. The van der Waals surface area contributed by atoms with Crippen LogP contribution in [0.2, 0.25) is 0 Å². The number of hydrogen-bond donors (Lipinski definition) is 1. The first kappa shape index (κ1) is 20.4. The summed E-state index contributed by atoms with van der Waals surface area (Å²) in [7, 11) is 1.36.